The van der Waals surface area contributed by atoms with Crippen LogP contribution in [0.3, 0.4) is 0 Å². The number of hydrogen-bond acceptors (Lipinski definition) is 3. The Morgan fingerprint density at radius 1 is 1.69 bits per heavy atom. The fourth-order valence-electron chi connectivity index (χ4n) is 1.75. The molecule has 1 fully saturated rings. The molecule has 13 heavy (non-hydrogen) atoms. The molecule has 72 valence electrons. The van der Waals surface area contributed by atoms with Crippen molar-refractivity contribution in [1.29, 1.82) is 0 Å². The SMILES string of the molecule is CCCc1nc(C2CCNC2)cs1. The van der Waals surface area contributed by atoms with Crippen LogP contribution in [0.25, 0.3) is 0 Å². The number of rotatable bonds is 3. The number of nitrogens with one attached hydrogen (secondary N) is 1. The van der Waals surface area contributed by atoms with Gasteiger partial charge in [0.25, 0.3) is 0 Å². The van der Waals surface area contributed by atoms with Gasteiger partial charge in [-0.25, -0.2) is 4.98 Å². The van der Waals surface area contributed by atoms with Gasteiger partial charge in [0.15, 0.2) is 0 Å². The van der Waals surface area contributed by atoms with Crippen LogP contribution >= 0.6 is 11.3 Å². The molecule has 0 aliphatic carbocycles. The molecule has 0 bridgehead atoms. The summed E-state index contributed by atoms with van der Waals surface area (Å²) >= 11 is 1.82. The average Bonchev–Trinajstić information content (AvgIpc) is 2.70. The van der Waals surface area contributed by atoms with E-state index in [1.807, 2.05) is 11.3 Å². The zero-order chi connectivity index (χ0) is 9.10. The summed E-state index contributed by atoms with van der Waals surface area (Å²) in [7, 11) is 0. The van der Waals surface area contributed by atoms with Crippen molar-refractivity contribution in [3.8, 4) is 0 Å². The number of hydrogen-bond donors (Lipinski definition) is 1. The highest BCUT2D eigenvalue weighted by Gasteiger charge is 2.18. The normalized spacial score (nSPS) is 22.4. The molecule has 1 saturated heterocycles. The van der Waals surface area contributed by atoms with Gasteiger partial charge in [-0.15, -0.1) is 11.3 Å². The van der Waals surface area contributed by atoms with Crippen LogP contribution in [0.4, 0.5) is 0 Å². The fraction of sp³-hybridized carbons (Fsp3) is 0.700. The minimum absolute atomic E-state index is 0.682. The first-order valence-electron chi connectivity index (χ1n) is 5.05. The van der Waals surface area contributed by atoms with Crippen LogP contribution in [0.15, 0.2) is 5.38 Å². The molecule has 0 spiro atoms. The Morgan fingerprint density at radius 2 is 2.62 bits per heavy atom. The van der Waals surface area contributed by atoms with Crippen LogP contribution in [0.2, 0.25) is 0 Å². The van der Waals surface area contributed by atoms with E-state index in [0.717, 1.165) is 19.5 Å². The molecule has 2 heterocycles. The molecule has 0 radical (unpaired) electrons. The topological polar surface area (TPSA) is 24.9 Å². The van der Waals surface area contributed by atoms with Gasteiger partial charge in [0.1, 0.15) is 0 Å². The molecule has 1 atom stereocenters. The predicted octanol–water partition coefficient (Wildman–Crippen LogP) is 2.17. The third kappa shape index (κ3) is 2.09. The summed E-state index contributed by atoms with van der Waals surface area (Å²) in [6.45, 7) is 4.48. The van der Waals surface area contributed by atoms with E-state index in [9.17, 15) is 0 Å². The molecule has 3 heteroatoms. The molecule has 0 aromatic carbocycles. The summed E-state index contributed by atoms with van der Waals surface area (Å²) in [4.78, 5) is 4.66. The summed E-state index contributed by atoms with van der Waals surface area (Å²) in [5, 5.41) is 6.93. The molecule has 1 aliphatic rings. The summed E-state index contributed by atoms with van der Waals surface area (Å²) < 4.78 is 0. The van der Waals surface area contributed by atoms with Crippen LogP contribution in [0, 0.1) is 0 Å². The molecule has 1 aromatic heterocycles. The lowest BCUT2D eigenvalue weighted by Gasteiger charge is -2.02. The largest absolute Gasteiger partial charge is 0.316 e. The second-order valence-electron chi connectivity index (χ2n) is 3.61. The maximum absolute atomic E-state index is 4.66. The third-order valence-corrected chi connectivity index (χ3v) is 3.44. The first kappa shape index (κ1) is 9.16. The lowest BCUT2D eigenvalue weighted by molar-refractivity contribution is 0.734. The minimum Gasteiger partial charge on any atom is -0.316 e. The van der Waals surface area contributed by atoms with E-state index < -0.39 is 0 Å². The first-order valence-corrected chi connectivity index (χ1v) is 5.93. The Kier molecular flexibility index (Phi) is 2.96. The summed E-state index contributed by atoms with van der Waals surface area (Å²) in [5.74, 6) is 0.682. The Hall–Kier alpha value is -0.410. The molecule has 1 unspecified atom stereocenters. The van der Waals surface area contributed by atoms with Gasteiger partial charge >= 0.3 is 0 Å². The van der Waals surface area contributed by atoms with E-state index in [-0.39, 0.29) is 0 Å². The second kappa shape index (κ2) is 4.20. The van der Waals surface area contributed by atoms with Gasteiger partial charge < -0.3 is 5.32 Å². The average molecular weight is 196 g/mol. The summed E-state index contributed by atoms with van der Waals surface area (Å²) in [5.41, 5.74) is 1.32. The van der Waals surface area contributed by atoms with Crippen molar-refractivity contribution in [2.75, 3.05) is 13.1 Å². The van der Waals surface area contributed by atoms with E-state index in [4.69, 9.17) is 0 Å². The van der Waals surface area contributed by atoms with Crippen LogP contribution in [-0.4, -0.2) is 18.1 Å². The number of thiazole rings is 1. The third-order valence-electron chi connectivity index (χ3n) is 2.51. The second-order valence-corrected chi connectivity index (χ2v) is 4.55. The Bertz CT molecular complexity index is 264. The lowest BCUT2D eigenvalue weighted by atomic mass is 10.1. The van der Waals surface area contributed by atoms with Gasteiger partial charge in [0.05, 0.1) is 10.7 Å². The zero-order valence-electron chi connectivity index (χ0n) is 8.05. The summed E-state index contributed by atoms with van der Waals surface area (Å²) in [6, 6.07) is 0. The van der Waals surface area contributed by atoms with E-state index in [1.54, 1.807) is 0 Å². The Balaban J connectivity index is 2.03. The van der Waals surface area contributed by atoms with Crippen molar-refractivity contribution in [2.24, 2.45) is 0 Å². The monoisotopic (exact) mass is 196 g/mol. The lowest BCUT2D eigenvalue weighted by Crippen LogP contribution is -2.08. The maximum Gasteiger partial charge on any atom is 0.0928 e. The molecule has 2 nitrogen and oxygen atoms in total. The zero-order valence-corrected chi connectivity index (χ0v) is 8.86. The number of aryl methyl sites for hydroxylation is 1. The van der Waals surface area contributed by atoms with Crippen molar-refractivity contribution in [3.63, 3.8) is 0 Å². The molecular weight excluding hydrogens is 180 g/mol. The van der Waals surface area contributed by atoms with Crippen LogP contribution in [0.5, 0.6) is 0 Å². The maximum atomic E-state index is 4.66. The Labute approximate surface area is 83.4 Å². The number of nitrogens with zero attached hydrogens (tertiary/aromatic N) is 1. The molecule has 1 aliphatic heterocycles. The predicted molar refractivity (Wildman–Crippen MR) is 56.3 cm³/mol. The quantitative estimate of drug-likeness (QED) is 0.801. The standard InChI is InChI=1S/C10H16N2S/c1-2-3-10-12-9(7-13-10)8-4-5-11-6-8/h7-8,11H,2-6H2,1H3. The minimum atomic E-state index is 0.682. The first-order chi connectivity index (χ1) is 6.40. The van der Waals surface area contributed by atoms with Crippen molar-refractivity contribution in [2.45, 2.75) is 32.1 Å². The molecule has 0 amide bonds. The van der Waals surface area contributed by atoms with Gasteiger partial charge in [-0.3, -0.25) is 0 Å². The van der Waals surface area contributed by atoms with Gasteiger partial charge in [0.2, 0.25) is 0 Å². The van der Waals surface area contributed by atoms with E-state index in [2.05, 4.69) is 22.6 Å². The highest BCUT2D eigenvalue weighted by atomic mass is 32.1. The van der Waals surface area contributed by atoms with Gasteiger partial charge in [0, 0.05) is 17.8 Å². The molecule has 1 aromatic rings. The summed E-state index contributed by atoms with van der Waals surface area (Å²) in [6.07, 6.45) is 3.61. The highest BCUT2D eigenvalue weighted by molar-refractivity contribution is 7.09. The van der Waals surface area contributed by atoms with Crippen LogP contribution in [0.1, 0.15) is 36.4 Å². The van der Waals surface area contributed by atoms with E-state index in [0.29, 0.717) is 5.92 Å². The fourth-order valence-corrected chi connectivity index (χ4v) is 2.73. The number of aromatic nitrogens is 1. The van der Waals surface area contributed by atoms with Crippen molar-refractivity contribution >= 4 is 11.3 Å². The van der Waals surface area contributed by atoms with Gasteiger partial charge in [-0.05, 0) is 25.8 Å². The molecule has 1 N–H and O–H groups in total. The van der Waals surface area contributed by atoms with E-state index >= 15 is 0 Å². The highest BCUT2D eigenvalue weighted by Crippen LogP contribution is 2.24. The van der Waals surface area contributed by atoms with Crippen LogP contribution < -0.4 is 5.32 Å². The van der Waals surface area contributed by atoms with Gasteiger partial charge in [-0.1, -0.05) is 6.92 Å². The molecule has 2 rings (SSSR count). The Morgan fingerprint density at radius 3 is 3.31 bits per heavy atom. The van der Waals surface area contributed by atoms with Crippen LogP contribution in [-0.2, 0) is 6.42 Å². The van der Waals surface area contributed by atoms with Gasteiger partial charge in [-0.2, -0.15) is 0 Å². The van der Waals surface area contributed by atoms with Crippen molar-refractivity contribution in [3.05, 3.63) is 16.1 Å². The molecular formula is C10H16N2S. The van der Waals surface area contributed by atoms with Crippen molar-refractivity contribution in [1.82, 2.24) is 10.3 Å². The molecule has 0 saturated carbocycles. The van der Waals surface area contributed by atoms with E-state index in [1.165, 1.54) is 23.5 Å². The smallest absolute Gasteiger partial charge is 0.0928 e. The van der Waals surface area contributed by atoms with Crippen molar-refractivity contribution < 1.29 is 0 Å².